The van der Waals surface area contributed by atoms with Crippen LogP contribution >= 0.6 is 0 Å². The number of hydrogen-bond acceptors (Lipinski definition) is 3. The van der Waals surface area contributed by atoms with E-state index in [1.807, 2.05) is 4.90 Å². The Morgan fingerprint density at radius 2 is 1.81 bits per heavy atom. The molecule has 1 aromatic carbocycles. The number of nitrogens with one attached hydrogen (secondary N) is 1. The highest BCUT2D eigenvalue weighted by Gasteiger charge is 2.53. The van der Waals surface area contributed by atoms with Crippen LogP contribution in [0.15, 0.2) is 6.07 Å². The summed E-state index contributed by atoms with van der Waals surface area (Å²) < 4.78 is 0. The summed E-state index contributed by atoms with van der Waals surface area (Å²) in [5.74, 6) is 2.26. The van der Waals surface area contributed by atoms with Crippen molar-refractivity contribution in [2.24, 2.45) is 17.8 Å². The van der Waals surface area contributed by atoms with Crippen LogP contribution < -0.4 is 5.32 Å². The quantitative estimate of drug-likeness (QED) is 0.786. The van der Waals surface area contributed by atoms with Crippen LogP contribution in [0, 0.1) is 29.1 Å². The van der Waals surface area contributed by atoms with Gasteiger partial charge in [0.05, 0.1) is 12.6 Å². The molecule has 31 heavy (non-hydrogen) atoms. The molecular formula is C27H37N3O. The summed E-state index contributed by atoms with van der Waals surface area (Å²) in [6.45, 7) is 7.35. The maximum Gasteiger partial charge on any atom is 0.237 e. The molecule has 4 unspecified atom stereocenters. The second kappa shape index (κ2) is 8.24. The fraction of sp³-hybridized carbons (Fsp3) is 0.704. The molecule has 4 nitrogen and oxygen atoms in total. The van der Waals surface area contributed by atoms with E-state index in [4.69, 9.17) is 0 Å². The summed E-state index contributed by atoms with van der Waals surface area (Å²) in [6.07, 6.45) is 10.4. The van der Waals surface area contributed by atoms with E-state index in [0.717, 1.165) is 31.1 Å². The van der Waals surface area contributed by atoms with Crippen LogP contribution in [0.2, 0.25) is 0 Å². The van der Waals surface area contributed by atoms with Gasteiger partial charge in [0.25, 0.3) is 0 Å². The summed E-state index contributed by atoms with van der Waals surface area (Å²) in [4.78, 5) is 14.7. The average Bonchev–Trinajstić information content (AvgIpc) is 3.40. The van der Waals surface area contributed by atoms with Crippen LogP contribution in [-0.4, -0.2) is 35.5 Å². The number of amides is 1. The number of benzene rings is 1. The third kappa shape index (κ3) is 4.02. The van der Waals surface area contributed by atoms with Gasteiger partial charge in [-0.1, -0.05) is 19.9 Å². The Hall–Kier alpha value is -1.86. The third-order valence-corrected chi connectivity index (χ3v) is 8.42. The molecule has 1 saturated carbocycles. The molecule has 1 N–H and O–H groups in total. The predicted molar refractivity (Wildman–Crippen MR) is 123 cm³/mol. The van der Waals surface area contributed by atoms with Gasteiger partial charge in [0.1, 0.15) is 6.04 Å². The number of fused-ring (bicyclic) bond motifs is 3. The minimum absolute atomic E-state index is 0.114. The van der Waals surface area contributed by atoms with E-state index in [9.17, 15) is 10.1 Å². The van der Waals surface area contributed by atoms with E-state index in [2.05, 4.69) is 38.2 Å². The fourth-order valence-corrected chi connectivity index (χ4v) is 6.59. The van der Waals surface area contributed by atoms with Crippen molar-refractivity contribution in [1.29, 1.82) is 5.26 Å². The molecule has 4 aliphatic rings. The molecule has 3 aliphatic carbocycles. The lowest BCUT2D eigenvalue weighted by atomic mass is 9.74. The molecule has 166 valence electrons. The summed E-state index contributed by atoms with van der Waals surface area (Å²) >= 11 is 0. The number of piperidine rings is 1. The summed E-state index contributed by atoms with van der Waals surface area (Å²) in [5, 5.41) is 12.9. The number of carbonyl (C=O) groups is 1. The third-order valence-electron chi connectivity index (χ3n) is 8.42. The zero-order valence-electron chi connectivity index (χ0n) is 19.4. The molecule has 4 heteroatoms. The minimum atomic E-state index is -0.203. The largest absolute Gasteiger partial charge is 0.322 e. The Bertz CT molecular complexity index is 878. The van der Waals surface area contributed by atoms with E-state index in [-0.39, 0.29) is 18.0 Å². The van der Waals surface area contributed by atoms with Crippen LogP contribution in [0.4, 0.5) is 0 Å². The van der Waals surface area contributed by atoms with E-state index in [1.165, 1.54) is 38.5 Å². The summed E-state index contributed by atoms with van der Waals surface area (Å²) in [7, 11) is 0. The van der Waals surface area contributed by atoms with Gasteiger partial charge in [0.2, 0.25) is 5.91 Å². The number of rotatable bonds is 5. The van der Waals surface area contributed by atoms with Crippen LogP contribution in [-0.2, 0) is 36.9 Å². The zero-order chi connectivity index (χ0) is 21.7. The molecule has 5 rings (SSSR count). The molecule has 1 heterocycles. The molecule has 0 spiro atoms. The van der Waals surface area contributed by atoms with Crippen molar-refractivity contribution in [3.05, 3.63) is 33.9 Å². The number of nitrogens with zero attached hydrogens (tertiary/aromatic N) is 2. The van der Waals surface area contributed by atoms with Gasteiger partial charge < -0.3 is 10.2 Å². The first kappa shape index (κ1) is 21.0. The smallest absolute Gasteiger partial charge is 0.237 e. The van der Waals surface area contributed by atoms with Crippen LogP contribution in [0.3, 0.4) is 0 Å². The number of carbonyl (C=O) groups excluding carboxylic acids is 1. The first-order valence-electron chi connectivity index (χ1n) is 12.5. The first-order chi connectivity index (χ1) is 14.9. The van der Waals surface area contributed by atoms with Gasteiger partial charge in [-0.3, -0.25) is 4.79 Å². The van der Waals surface area contributed by atoms with Crippen molar-refractivity contribution >= 4 is 5.91 Å². The molecular weight excluding hydrogens is 382 g/mol. The Labute approximate surface area is 187 Å². The Morgan fingerprint density at radius 1 is 1.16 bits per heavy atom. The molecule has 6 atom stereocenters. The van der Waals surface area contributed by atoms with Crippen LogP contribution in [0.1, 0.15) is 74.3 Å². The Kier molecular flexibility index (Phi) is 5.59. The first-order valence-corrected chi connectivity index (χ1v) is 12.5. The number of hydrogen-bond donors (Lipinski definition) is 1. The lowest BCUT2D eigenvalue weighted by molar-refractivity contribution is -0.131. The summed E-state index contributed by atoms with van der Waals surface area (Å²) in [6, 6.07) is 5.28. The number of nitriles is 1. The SMILES string of the molecule is CC1CCc2c(cc3c(c2CC(C)NCC(=O)N2C(C#N)C[C@@H]4C[C@@H]42)CCC(C)C3)C1. The summed E-state index contributed by atoms with van der Waals surface area (Å²) in [5.41, 5.74) is 8.03. The van der Waals surface area contributed by atoms with Crippen LogP contribution in [0.5, 0.6) is 0 Å². The van der Waals surface area contributed by atoms with Gasteiger partial charge >= 0.3 is 0 Å². The van der Waals surface area contributed by atoms with Gasteiger partial charge in [0.15, 0.2) is 0 Å². The van der Waals surface area contributed by atoms with Crippen molar-refractivity contribution in [2.75, 3.05) is 6.54 Å². The van der Waals surface area contributed by atoms with Crippen molar-refractivity contribution in [3.63, 3.8) is 0 Å². The second-order valence-electron chi connectivity index (χ2n) is 11.1. The van der Waals surface area contributed by atoms with Crippen molar-refractivity contribution in [1.82, 2.24) is 10.2 Å². The standard InChI is InChI=1S/C27H37N3O/c1-16-4-6-23-19(8-16)11-20-9-17(2)5-7-24(20)25(23)10-18(3)29-15-27(31)30-22(14-28)12-21-13-26(21)30/h11,16-18,21-22,26,29H,4-10,12-13,15H2,1-3H3/t16?,17?,18?,21-,22?,26+/m1/s1. The maximum absolute atomic E-state index is 12.9. The molecule has 1 aliphatic heterocycles. The molecule has 0 radical (unpaired) electrons. The van der Waals surface area contributed by atoms with Gasteiger partial charge in [0, 0.05) is 12.1 Å². The van der Waals surface area contributed by atoms with Crippen molar-refractivity contribution in [3.8, 4) is 6.07 Å². The topological polar surface area (TPSA) is 56.1 Å². The van der Waals surface area contributed by atoms with Gasteiger partial charge in [-0.15, -0.1) is 0 Å². The molecule has 0 bridgehead atoms. The Morgan fingerprint density at radius 3 is 2.42 bits per heavy atom. The van der Waals surface area contributed by atoms with E-state index in [1.54, 1.807) is 27.8 Å². The van der Waals surface area contributed by atoms with E-state index < -0.39 is 0 Å². The lowest BCUT2D eigenvalue weighted by Gasteiger charge is -2.32. The van der Waals surface area contributed by atoms with Gasteiger partial charge in [-0.2, -0.15) is 5.26 Å². The van der Waals surface area contributed by atoms with Crippen molar-refractivity contribution in [2.45, 2.75) is 96.7 Å². The van der Waals surface area contributed by atoms with Gasteiger partial charge in [-0.05, 0) is 110 Å². The second-order valence-corrected chi connectivity index (χ2v) is 11.1. The fourth-order valence-electron chi connectivity index (χ4n) is 6.59. The molecule has 2 fully saturated rings. The minimum Gasteiger partial charge on any atom is -0.322 e. The normalized spacial score (nSPS) is 31.9. The number of likely N-dealkylation sites (tertiary alicyclic amines) is 1. The molecule has 1 aromatic rings. The van der Waals surface area contributed by atoms with Crippen LogP contribution in [0.25, 0.3) is 0 Å². The molecule has 1 amide bonds. The van der Waals surface area contributed by atoms with Gasteiger partial charge in [-0.25, -0.2) is 0 Å². The van der Waals surface area contributed by atoms with Crippen molar-refractivity contribution < 1.29 is 4.79 Å². The van der Waals surface area contributed by atoms with E-state index in [0.29, 0.717) is 18.5 Å². The average molecular weight is 420 g/mol. The highest BCUT2D eigenvalue weighted by atomic mass is 16.2. The predicted octanol–water partition coefficient (Wildman–Crippen LogP) is 3.97. The monoisotopic (exact) mass is 419 g/mol. The van der Waals surface area contributed by atoms with E-state index >= 15 is 0 Å². The maximum atomic E-state index is 12.9. The lowest BCUT2D eigenvalue weighted by Crippen LogP contribution is -2.45. The molecule has 1 saturated heterocycles. The highest BCUT2D eigenvalue weighted by molar-refractivity contribution is 5.80. The Balaban J connectivity index is 1.30. The zero-order valence-corrected chi connectivity index (χ0v) is 19.4. The molecule has 0 aromatic heterocycles. The highest BCUT2D eigenvalue weighted by Crippen LogP contribution is 2.47.